The van der Waals surface area contributed by atoms with Crippen LogP contribution >= 0.6 is 11.3 Å². The summed E-state index contributed by atoms with van der Waals surface area (Å²) in [7, 11) is 1.78. The Kier molecular flexibility index (Phi) is 3.11. The third-order valence-electron chi connectivity index (χ3n) is 1.59. The van der Waals surface area contributed by atoms with Gasteiger partial charge in [0.1, 0.15) is 0 Å². The molecular weight excluding hydrogens is 182 g/mol. The second-order valence-electron chi connectivity index (χ2n) is 2.41. The summed E-state index contributed by atoms with van der Waals surface area (Å²) in [6.45, 7) is 1.91. The van der Waals surface area contributed by atoms with E-state index in [1.807, 2.05) is 6.92 Å². The summed E-state index contributed by atoms with van der Waals surface area (Å²) in [5.41, 5.74) is 0. The van der Waals surface area contributed by atoms with Crippen molar-refractivity contribution >= 4 is 11.3 Å². The number of alkyl halides is 2. The smallest absolute Gasteiger partial charge is 0.289 e. The van der Waals surface area contributed by atoms with Gasteiger partial charge in [0.25, 0.3) is 6.43 Å². The number of hydrogen-bond acceptors (Lipinski definition) is 3. The van der Waals surface area contributed by atoms with Gasteiger partial charge in [-0.1, -0.05) is 0 Å². The summed E-state index contributed by atoms with van der Waals surface area (Å²) in [4.78, 5) is 4.45. The predicted molar refractivity (Wildman–Crippen MR) is 44.5 cm³/mol. The van der Waals surface area contributed by atoms with Crippen molar-refractivity contribution in [3.63, 3.8) is 0 Å². The largest absolute Gasteiger partial charge is 0.312 e. The molecule has 0 aliphatic heterocycles. The van der Waals surface area contributed by atoms with E-state index in [9.17, 15) is 8.78 Å². The molecule has 0 radical (unpaired) electrons. The summed E-state index contributed by atoms with van der Waals surface area (Å²) in [5, 5.41) is 2.85. The highest BCUT2D eigenvalue weighted by molar-refractivity contribution is 7.11. The van der Waals surface area contributed by atoms with Crippen molar-refractivity contribution in [2.45, 2.75) is 19.4 Å². The minimum absolute atomic E-state index is 0.0926. The van der Waals surface area contributed by atoms with E-state index in [0.29, 0.717) is 0 Å². The van der Waals surface area contributed by atoms with Crippen LogP contribution in [0.1, 0.15) is 29.3 Å². The maximum atomic E-state index is 12.1. The molecule has 0 aromatic carbocycles. The number of aromatic nitrogens is 1. The average molecular weight is 192 g/mol. The molecule has 2 nitrogen and oxygen atoms in total. The van der Waals surface area contributed by atoms with Gasteiger partial charge in [0.15, 0.2) is 5.01 Å². The van der Waals surface area contributed by atoms with Crippen LogP contribution in [-0.2, 0) is 0 Å². The lowest BCUT2D eigenvalue weighted by molar-refractivity contribution is 0.151. The van der Waals surface area contributed by atoms with Gasteiger partial charge < -0.3 is 5.32 Å². The monoisotopic (exact) mass is 192 g/mol. The van der Waals surface area contributed by atoms with Crippen LogP contribution in [0.25, 0.3) is 0 Å². The fourth-order valence-corrected chi connectivity index (χ4v) is 1.58. The van der Waals surface area contributed by atoms with E-state index in [0.717, 1.165) is 16.2 Å². The Morgan fingerprint density at radius 1 is 1.58 bits per heavy atom. The fourth-order valence-electron chi connectivity index (χ4n) is 0.744. The lowest BCUT2D eigenvalue weighted by Crippen LogP contribution is -2.10. The molecule has 0 saturated carbocycles. The highest BCUT2D eigenvalue weighted by atomic mass is 32.1. The van der Waals surface area contributed by atoms with Gasteiger partial charge >= 0.3 is 0 Å². The van der Waals surface area contributed by atoms with Gasteiger partial charge in [-0.2, -0.15) is 0 Å². The zero-order valence-electron chi connectivity index (χ0n) is 6.84. The van der Waals surface area contributed by atoms with E-state index < -0.39 is 6.43 Å². The van der Waals surface area contributed by atoms with E-state index >= 15 is 0 Å². The quantitative estimate of drug-likeness (QED) is 0.795. The minimum atomic E-state index is -2.45. The third-order valence-corrected chi connectivity index (χ3v) is 2.78. The molecule has 0 saturated heterocycles. The van der Waals surface area contributed by atoms with Crippen LogP contribution < -0.4 is 5.32 Å². The van der Waals surface area contributed by atoms with Gasteiger partial charge in [-0.05, 0) is 14.0 Å². The molecule has 1 aromatic rings. The van der Waals surface area contributed by atoms with Crippen LogP contribution in [0.2, 0.25) is 0 Å². The Morgan fingerprint density at radius 3 is 2.67 bits per heavy atom. The summed E-state index contributed by atoms with van der Waals surface area (Å²) in [5.74, 6) is 0. The standard InChI is InChI=1S/C7H10F2N2S/c1-4(10-2)5-3-11-7(12-5)6(8)9/h3-4,6,10H,1-2H3. The zero-order chi connectivity index (χ0) is 9.14. The van der Waals surface area contributed by atoms with Crippen LogP contribution in [0.5, 0.6) is 0 Å². The molecule has 1 rings (SSSR count). The molecule has 1 aromatic heterocycles. The maximum Gasteiger partial charge on any atom is 0.289 e. The Hall–Kier alpha value is -0.550. The Balaban J connectivity index is 2.77. The molecular formula is C7H10F2N2S. The minimum Gasteiger partial charge on any atom is -0.312 e. The molecule has 0 aliphatic rings. The second-order valence-corrected chi connectivity index (χ2v) is 3.51. The van der Waals surface area contributed by atoms with Gasteiger partial charge in [-0.25, -0.2) is 13.8 Å². The average Bonchev–Trinajstić information content (AvgIpc) is 2.51. The number of rotatable bonds is 3. The second kappa shape index (κ2) is 3.91. The Labute approximate surface area is 73.6 Å². The lowest BCUT2D eigenvalue weighted by Gasteiger charge is -2.04. The first-order valence-corrected chi connectivity index (χ1v) is 4.38. The highest BCUT2D eigenvalue weighted by Gasteiger charge is 2.14. The third kappa shape index (κ3) is 1.98. The van der Waals surface area contributed by atoms with Crippen molar-refractivity contribution in [1.82, 2.24) is 10.3 Å². The van der Waals surface area contributed by atoms with Crippen LogP contribution in [0.3, 0.4) is 0 Å². The molecule has 0 fully saturated rings. The summed E-state index contributed by atoms with van der Waals surface area (Å²) >= 11 is 1.05. The number of hydrogen-bond donors (Lipinski definition) is 1. The first-order valence-electron chi connectivity index (χ1n) is 3.56. The number of nitrogens with one attached hydrogen (secondary N) is 1. The Bertz CT molecular complexity index is 249. The number of halogens is 2. The normalized spacial score (nSPS) is 13.8. The molecule has 0 amide bonds. The summed E-state index contributed by atoms with van der Waals surface area (Å²) < 4.78 is 24.2. The Morgan fingerprint density at radius 2 is 2.25 bits per heavy atom. The van der Waals surface area contributed by atoms with Crippen molar-refractivity contribution in [3.8, 4) is 0 Å². The van der Waals surface area contributed by atoms with E-state index in [4.69, 9.17) is 0 Å². The van der Waals surface area contributed by atoms with Gasteiger partial charge in [-0.15, -0.1) is 11.3 Å². The number of thiazole rings is 1. The van der Waals surface area contributed by atoms with Gasteiger partial charge in [0.2, 0.25) is 0 Å². The highest BCUT2D eigenvalue weighted by Crippen LogP contribution is 2.27. The van der Waals surface area contributed by atoms with Crippen molar-refractivity contribution in [2.75, 3.05) is 7.05 Å². The predicted octanol–water partition coefficient (Wildman–Crippen LogP) is 2.36. The molecule has 1 atom stereocenters. The summed E-state index contributed by atoms with van der Waals surface area (Å²) in [6.07, 6.45) is -0.958. The molecule has 68 valence electrons. The molecule has 0 aliphatic carbocycles. The lowest BCUT2D eigenvalue weighted by atomic mass is 10.3. The molecule has 1 heterocycles. The van der Waals surface area contributed by atoms with Crippen molar-refractivity contribution < 1.29 is 8.78 Å². The fraction of sp³-hybridized carbons (Fsp3) is 0.571. The van der Waals surface area contributed by atoms with Crippen LogP contribution in [0.15, 0.2) is 6.20 Å². The van der Waals surface area contributed by atoms with E-state index in [2.05, 4.69) is 10.3 Å². The van der Waals surface area contributed by atoms with E-state index in [1.165, 1.54) is 6.20 Å². The zero-order valence-corrected chi connectivity index (χ0v) is 7.66. The van der Waals surface area contributed by atoms with Crippen LogP contribution in [0.4, 0.5) is 8.78 Å². The number of nitrogens with zero attached hydrogens (tertiary/aromatic N) is 1. The van der Waals surface area contributed by atoms with Crippen molar-refractivity contribution in [2.24, 2.45) is 0 Å². The maximum absolute atomic E-state index is 12.1. The molecule has 0 bridgehead atoms. The SMILES string of the molecule is CNC(C)c1cnc(C(F)F)s1. The van der Waals surface area contributed by atoms with Crippen molar-refractivity contribution in [1.29, 1.82) is 0 Å². The molecule has 0 spiro atoms. The molecule has 1 unspecified atom stereocenters. The topological polar surface area (TPSA) is 24.9 Å². The van der Waals surface area contributed by atoms with E-state index in [1.54, 1.807) is 7.05 Å². The van der Waals surface area contributed by atoms with Crippen molar-refractivity contribution in [3.05, 3.63) is 16.1 Å². The summed E-state index contributed by atoms with van der Waals surface area (Å²) in [6, 6.07) is 0.0926. The first kappa shape index (κ1) is 9.54. The van der Waals surface area contributed by atoms with E-state index in [-0.39, 0.29) is 11.0 Å². The van der Waals surface area contributed by atoms with Gasteiger partial charge in [0, 0.05) is 17.1 Å². The molecule has 12 heavy (non-hydrogen) atoms. The van der Waals surface area contributed by atoms with Crippen LogP contribution in [0, 0.1) is 0 Å². The first-order chi connectivity index (χ1) is 5.65. The molecule has 1 N–H and O–H groups in total. The van der Waals surface area contributed by atoms with Gasteiger partial charge in [0.05, 0.1) is 0 Å². The van der Waals surface area contributed by atoms with Crippen LogP contribution in [-0.4, -0.2) is 12.0 Å². The van der Waals surface area contributed by atoms with Gasteiger partial charge in [-0.3, -0.25) is 0 Å². The molecule has 5 heteroatoms.